The van der Waals surface area contributed by atoms with Crippen LogP contribution in [0.3, 0.4) is 0 Å². The quantitative estimate of drug-likeness (QED) is 0.264. The van der Waals surface area contributed by atoms with Gasteiger partial charge in [0.2, 0.25) is 0 Å². The normalized spacial score (nSPS) is 12.8. The fourth-order valence-corrected chi connectivity index (χ4v) is 5.16. The lowest BCUT2D eigenvalue weighted by atomic mass is 9.84. The zero-order chi connectivity index (χ0) is 26.6. The molecule has 0 fully saturated rings. The third kappa shape index (κ3) is 4.85. The Kier molecular flexibility index (Phi) is 7.38. The van der Waals surface area contributed by atoms with Crippen molar-refractivity contribution in [2.75, 3.05) is 27.4 Å². The van der Waals surface area contributed by atoms with E-state index in [-0.39, 0.29) is 19.1 Å². The number of hydrogen-bond donors (Lipinski definition) is 3. The van der Waals surface area contributed by atoms with Crippen molar-refractivity contribution in [2.24, 2.45) is 0 Å². The molecule has 1 atom stereocenters. The number of ether oxygens (including phenoxy) is 3. The molecule has 7 nitrogen and oxygen atoms in total. The Morgan fingerprint density at radius 2 is 1.74 bits per heavy atom. The van der Waals surface area contributed by atoms with E-state index in [0.717, 1.165) is 51.6 Å². The van der Waals surface area contributed by atoms with Gasteiger partial charge < -0.3 is 29.6 Å². The Balaban J connectivity index is 1.49. The highest BCUT2D eigenvalue weighted by Crippen LogP contribution is 2.42. The Hall–Kier alpha value is -4.23. The zero-order valence-corrected chi connectivity index (χ0v) is 21.7. The Morgan fingerprint density at radius 1 is 1.05 bits per heavy atom. The first-order chi connectivity index (χ1) is 18.6. The molecule has 0 saturated heterocycles. The first-order valence-electron chi connectivity index (χ1n) is 12.7. The van der Waals surface area contributed by atoms with Crippen molar-refractivity contribution in [1.82, 2.24) is 10.3 Å². The van der Waals surface area contributed by atoms with Gasteiger partial charge in [-0.1, -0.05) is 30.9 Å². The molecule has 0 spiro atoms. The molecule has 38 heavy (non-hydrogen) atoms. The molecular weight excluding hydrogens is 480 g/mol. The molecule has 3 N–H and O–H groups in total. The maximum absolute atomic E-state index is 13.6. The summed E-state index contributed by atoms with van der Waals surface area (Å²) in [4.78, 5) is 16.9. The van der Waals surface area contributed by atoms with Gasteiger partial charge in [-0.3, -0.25) is 4.79 Å². The molecule has 0 aliphatic heterocycles. The van der Waals surface area contributed by atoms with Crippen LogP contribution in [0.25, 0.3) is 22.0 Å². The predicted molar refractivity (Wildman–Crippen MR) is 148 cm³/mol. The highest BCUT2D eigenvalue weighted by Gasteiger charge is 2.25. The number of aromatic amines is 1. The molecule has 1 aliphatic carbocycles. The van der Waals surface area contributed by atoms with Crippen LogP contribution in [0.15, 0.2) is 67.4 Å². The smallest absolute Gasteiger partial charge is 0.255 e. The molecule has 1 aliphatic rings. The highest BCUT2D eigenvalue weighted by molar-refractivity contribution is 5.99. The lowest BCUT2D eigenvalue weighted by Crippen LogP contribution is -2.39. The van der Waals surface area contributed by atoms with Gasteiger partial charge in [-0.25, -0.2) is 0 Å². The van der Waals surface area contributed by atoms with Gasteiger partial charge in [-0.15, -0.1) is 0 Å². The van der Waals surface area contributed by atoms with Crippen LogP contribution in [-0.4, -0.2) is 49.5 Å². The van der Waals surface area contributed by atoms with Crippen LogP contribution in [-0.2, 0) is 19.3 Å². The number of carbonyl (C=O) groups excluding carboxylic acids is 1. The first kappa shape index (κ1) is 25.4. The topological polar surface area (TPSA) is 92.8 Å². The molecule has 1 amide bonds. The van der Waals surface area contributed by atoms with E-state index in [4.69, 9.17) is 14.2 Å². The summed E-state index contributed by atoms with van der Waals surface area (Å²) in [6.45, 7) is 3.83. The Morgan fingerprint density at radius 3 is 2.45 bits per heavy atom. The van der Waals surface area contributed by atoms with Crippen LogP contribution in [0.1, 0.15) is 27.0 Å². The predicted octanol–water partition coefficient (Wildman–Crippen LogP) is 4.85. The molecule has 196 valence electrons. The van der Waals surface area contributed by atoms with Crippen molar-refractivity contribution in [2.45, 2.75) is 25.3 Å². The van der Waals surface area contributed by atoms with Gasteiger partial charge in [-0.2, -0.15) is 0 Å². The summed E-state index contributed by atoms with van der Waals surface area (Å²) in [6.07, 6.45) is 5.72. The molecule has 0 bridgehead atoms. The summed E-state index contributed by atoms with van der Waals surface area (Å²) in [5.41, 5.74) is 6.65. The number of carbonyl (C=O) groups is 1. The molecule has 0 radical (unpaired) electrons. The van der Waals surface area contributed by atoms with Gasteiger partial charge >= 0.3 is 0 Å². The Bertz CT molecular complexity index is 1490. The third-order valence-electron chi connectivity index (χ3n) is 7.07. The van der Waals surface area contributed by atoms with Crippen LogP contribution in [0.2, 0.25) is 0 Å². The molecule has 3 aromatic carbocycles. The largest absolute Gasteiger partial charge is 0.493 e. The zero-order valence-electron chi connectivity index (χ0n) is 21.7. The summed E-state index contributed by atoms with van der Waals surface area (Å²) in [6, 6.07) is 15.3. The number of aliphatic hydroxyl groups is 1. The minimum absolute atomic E-state index is 0.196. The van der Waals surface area contributed by atoms with E-state index in [1.54, 1.807) is 20.3 Å². The van der Waals surface area contributed by atoms with Crippen LogP contribution in [0.5, 0.6) is 17.2 Å². The molecular formula is C31H32N2O5. The van der Waals surface area contributed by atoms with Crippen molar-refractivity contribution in [3.8, 4) is 28.4 Å². The number of aliphatic hydroxyl groups excluding tert-OH is 1. The number of H-pyrrole nitrogens is 1. The number of para-hydroxylation sites is 1. The van der Waals surface area contributed by atoms with Crippen LogP contribution in [0, 0.1) is 0 Å². The standard InChI is InChI=1S/C31H32N2O5/c1-4-11-38-28-13-19-9-10-20-14-29(36-2)30(37-3)16-25(20)24(19)15-26(28)31(35)33-22(18-34)12-21-17-32-27-8-6-5-7-23(21)27/h4-8,13-17,22,32,34H,1,9-12,18H2,2-3H3,(H,33,35)/t22-/m1/s1. The molecule has 1 heterocycles. The third-order valence-corrected chi connectivity index (χ3v) is 7.07. The number of methoxy groups -OCH3 is 2. The van der Waals surface area contributed by atoms with Gasteiger partial charge in [0.15, 0.2) is 11.5 Å². The van der Waals surface area contributed by atoms with Gasteiger partial charge in [0.25, 0.3) is 5.91 Å². The van der Waals surface area contributed by atoms with Gasteiger partial charge in [0.1, 0.15) is 12.4 Å². The molecule has 7 heteroatoms. The maximum atomic E-state index is 13.6. The van der Waals surface area contributed by atoms with Gasteiger partial charge in [-0.05, 0) is 77.4 Å². The van der Waals surface area contributed by atoms with Crippen molar-refractivity contribution >= 4 is 16.8 Å². The van der Waals surface area contributed by atoms with E-state index in [1.807, 2.05) is 54.7 Å². The molecule has 0 unspecified atom stereocenters. The lowest BCUT2D eigenvalue weighted by molar-refractivity contribution is 0.0913. The molecule has 0 saturated carbocycles. The van der Waals surface area contributed by atoms with Crippen LogP contribution in [0.4, 0.5) is 0 Å². The minimum Gasteiger partial charge on any atom is -0.493 e. The van der Waals surface area contributed by atoms with E-state index in [9.17, 15) is 9.90 Å². The van der Waals surface area contributed by atoms with Crippen molar-refractivity contribution in [3.63, 3.8) is 0 Å². The fraction of sp³-hybridized carbons (Fsp3) is 0.258. The van der Waals surface area contributed by atoms with Crippen LogP contribution >= 0.6 is 0 Å². The van der Waals surface area contributed by atoms with Crippen molar-refractivity contribution < 1.29 is 24.1 Å². The lowest BCUT2D eigenvalue weighted by Gasteiger charge is -2.24. The van der Waals surface area contributed by atoms with Crippen LogP contribution < -0.4 is 19.5 Å². The second-order valence-corrected chi connectivity index (χ2v) is 9.39. The number of fused-ring (bicyclic) bond motifs is 4. The molecule has 4 aromatic rings. The Labute approximate surface area is 222 Å². The van der Waals surface area contributed by atoms with Gasteiger partial charge in [0, 0.05) is 17.1 Å². The number of aromatic nitrogens is 1. The number of hydrogen-bond acceptors (Lipinski definition) is 5. The van der Waals surface area contributed by atoms with E-state index >= 15 is 0 Å². The maximum Gasteiger partial charge on any atom is 0.255 e. The van der Waals surface area contributed by atoms with Crippen molar-refractivity contribution in [3.05, 3.63) is 89.6 Å². The number of rotatable bonds is 10. The average Bonchev–Trinajstić information content (AvgIpc) is 3.36. The molecule has 1 aromatic heterocycles. The summed E-state index contributed by atoms with van der Waals surface area (Å²) < 4.78 is 17.0. The van der Waals surface area contributed by atoms with E-state index in [0.29, 0.717) is 29.2 Å². The van der Waals surface area contributed by atoms with E-state index in [2.05, 4.69) is 16.9 Å². The van der Waals surface area contributed by atoms with E-state index in [1.165, 1.54) is 0 Å². The SMILES string of the molecule is C=CCOc1cc2c(cc1C(=O)N[C@@H](CO)Cc1c[nH]c3ccccc13)-c1cc(OC)c(OC)cc1CC2. The number of aryl methyl sites for hydroxylation is 2. The van der Waals surface area contributed by atoms with Crippen molar-refractivity contribution in [1.29, 1.82) is 0 Å². The summed E-state index contributed by atoms with van der Waals surface area (Å²) in [7, 11) is 3.24. The molecule has 5 rings (SSSR count). The first-order valence-corrected chi connectivity index (χ1v) is 12.7. The second kappa shape index (κ2) is 11.0. The van der Waals surface area contributed by atoms with Gasteiger partial charge in [0.05, 0.1) is 32.4 Å². The second-order valence-electron chi connectivity index (χ2n) is 9.39. The summed E-state index contributed by atoms with van der Waals surface area (Å²) in [5, 5.41) is 14.2. The fourth-order valence-electron chi connectivity index (χ4n) is 5.16. The van der Waals surface area contributed by atoms with E-state index < -0.39 is 6.04 Å². The summed E-state index contributed by atoms with van der Waals surface area (Å²) >= 11 is 0. The average molecular weight is 513 g/mol. The number of amides is 1. The summed E-state index contributed by atoms with van der Waals surface area (Å²) in [5.74, 6) is 1.50. The minimum atomic E-state index is -0.471. The number of nitrogens with one attached hydrogen (secondary N) is 2. The monoisotopic (exact) mass is 512 g/mol. The highest BCUT2D eigenvalue weighted by atomic mass is 16.5. The number of benzene rings is 3.